The van der Waals surface area contributed by atoms with Crippen molar-refractivity contribution in [1.82, 2.24) is 9.55 Å². The number of nitrogens with zero attached hydrogens (tertiary/aromatic N) is 2. The second kappa shape index (κ2) is 5.76. The van der Waals surface area contributed by atoms with E-state index in [0.717, 1.165) is 34.5 Å². The topological polar surface area (TPSA) is 27.1 Å². The summed E-state index contributed by atoms with van der Waals surface area (Å²) >= 11 is 0. The van der Waals surface area contributed by atoms with Crippen LogP contribution in [0.5, 0.6) is 5.75 Å². The van der Waals surface area contributed by atoms with Crippen LogP contribution in [0.2, 0.25) is 0 Å². The zero-order valence-corrected chi connectivity index (χ0v) is 13.1. The second-order valence-corrected chi connectivity index (χ2v) is 5.53. The molecular weight excluding hydrogens is 284 g/mol. The van der Waals surface area contributed by atoms with Gasteiger partial charge in [0.25, 0.3) is 0 Å². The highest BCUT2D eigenvalue weighted by Gasteiger charge is 2.10. The van der Waals surface area contributed by atoms with Crippen LogP contribution >= 0.6 is 0 Å². The summed E-state index contributed by atoms with van der Waals surface area (Å²) in [7, 11) is 0. The number of imidazole rings is 1. The lowest BCUT2D eigenvalue weighted by atomic mass is 10.1. The summed E-state index contributed by atoms with van der Waals surface area (Å²) in [4.78, 5) is 4.72. The SMILES string of the molecule is CCn1c(COc2cccc3ccccc23)nc2ccccc21. The molecule has 0 amide bonds. The third-order valence-corrected chi connectivity index (χ3v) is 4.16. The standard InChI is InChI=1S/C20H18N2O/c1-2-22-18-12-6-5-11-17(18)21-20(22)14-23-19-13-7-9-15-8-3-4-10-16(15)19/h3-13H,2,14H2,1H3. The van der Waals surface area contributed by atoms with Crippen molar-refractivity contribution in [3.8, 4) is 5.75 Å². The molecule has 23 heavy (non-hydrogen) atoms. The summed E-state index contributed by atoms with van der Waals surface area (Å²) in [6.45, 7) is 3.49. The largest absolute Gasteiger partial charge is 0.485 e. The maximum atomic E-state index is 6.09. The van der Waals surface area contributed by atoms with E-state index in [4.69, 9.17) is 9.72 Å². The van der Waals surface area contributed by atoms with Crippen molar-refractivity contribution in [2.75, 3.05) is 0 Å². The number of aryl methyl sites for hydroxylation is 1. The molecule has 0 bridgehead atoms. The molecule has 3 heteroatoms. The number of hydrogen-bond acceptors (Lipinski definition) is 2. The number of hydrogen-bond donors (Lipinski definition) is 0. The number of para-hydroxylation sites is 2. The normalized spacial score (nSPS) is 11.2. The lowest BCUT2D eigenvalue weighted by Crippen LogP contribution is -2.06. The summed E-state index contributed by atoms with van der Waals surface area (Å²) in [5.74, 6) is 1.86. The molecule has 0 radical (unpaired) electrons. The van der Waals surface area contributed by atoms with Gasteiger partial charge < -0.3 is 9.30 Å². The zero-order valence-electron chi connectivity index (χ0n) is 13.1. The molecule has 0 saturated heterocycles. The molecule has 4 aromatic rings. The van der Waals surface area contributed by atoms with Crippen LogP contribution in [0, 0.1) is 0 Å². The van der Waals surface area contributed by atoms with Crippen molar-refractivity contribution in [3.63, 3.8) is 0 Å². The highest BCUT2D eigenvalue weighted by atomic mass is 16.5. The first-order chi connectivity index (χ1) is 11.4. The first-order valence-electron chi connectivity index (χ1n) is 7.91. The van der Waals surface area contributed by atoms with Crippen molar-refractivity contribution < 1.29 is 4.74 Å². The second-order valence-electron chi connectivity index (χ2n) is 5.53. The van der Waals surface area contributed by atoms with Crippen molar-refractivity contribution >= 4 is 21.8 Å². The van der Waals surface area contributed by atoms with Gasteiger partial charge in [0.15, 0.2) is 0 Å². The van der Waals surface area contributed by atoms with Gasteiger partial charge in [-0.3, -0.25) is 0 Å². The molecule has 0 aliphatic heterocycles. The maximum absolute atomic E-state index is 6.09. The summed E-state index contributed by atoms with van der Waals surface area (Å²) in [6, 6.07) is 22.6. The fraction of sp³-hybridized carbons (Fsp3) is 0.150. The zero-order chi connectivity index (χ0) is 15.6. The minimum Gasteiger partial charge on any atom is -0.485 e. The van der Waals surface area contributed by atoms with E-state index in [1.807, 2.05) is 42.5 Å². The molecule has 1 aromatic heterocycles. The van der Waals surface area contributed by atoms with Gasteiger partial charge in [-0.25, -0.2) is 4.98 Å². The molecule has 0 atom stereocenters. The van der Waals surface area contributed by atoms with Crippen LogP contribution in [-0.4, -0.2) is 9.55 Å². The third kappa shape index (κ3) is 2.44. The minimum atomic E-state index is 0.469. The Morgan fingerprint density at radius 1 is 0.913 bits per heavy atom. The summed E-state index contributed by atoms with van der Waals surface area (Å²) in [5.41, 5.74) is 2.18. The molecule has 114 valence electrons. The van der Waals surface area contributed by atoms with E-state index in [-0.39, 0.29) is 0 Å². The van der Waals surface area contributed by atoms with E-state index < -0.39 is 0 Å². The number of ether oxygens (including phenoxy) is 1. The molecule has 3 aromatic carbocycles. The predicted molar refractivity (Wildman–Crippen MR) is 93.7 cm³/mol. The lowest BCUT2D eigenvalue weighted by molar-refractivity contribution is 0.294. The number of rotatable bonds is 4. The van der Waals surface area contributed by atoms with Crippen LogP contribution in [-0.2, 0) is 13.2 Å². The van der Waals surface area contributed by atoms with Gasteiger partial charge in [0.2, 0.25) is 0 Å². The molecule has 3 nitrogen and oxygen atoms in total. The van der Waals surface area contributed by atoms with Crippen LogP contribution in [0.25, 0.3) is 21.8 Å². The highest BCUT2D eigenvalue weighted by molar-refractivity contribution is 5.88. The van der Waals surface area contributed by atoms with Gasteiger partial charge in [0.05, 0.1) is 11.0 Å². The molecule has 0 spiro atoms. The molecule has 0 aliphatic rings. The minimum absolute atomic E-state index is 0.469. The number of benzene rings is 3. The fourth-order valence-corrected chi connectivity index (χ4v) is 3.05. The van der Waals surface area contributed by atoms with Gasteiger partial charge in [-0.15, -0.1) is 0 Å². The molecule has 0 fully saturated rings. The van der Waals surface area contributed by atoms with Gasteiger partial charge in [-0.2, -0.15) is 0 Å². The number of aromatic nitrogens is 2. The average Bonchev–Trinajstić information content (AvgIpc) is 2.97. The van der Waals surface area contributed by atoms with E-state index in [1.165, 1.54) is 5.39 Å². The molecule has 0 unspecified atom stereocenters. The fourth-order valence-electron chi connectivity index (χ4n) is 3.05. The van der Waals surface area contributed by atoms with Crippen molar-refractivity contribution in [3.05, 3.63) is 72.6 Å². The van der Waals surface area contributed by atoms with Gasteiger partial charge in [0.1, 0.15) is 18.2 Å². The monoisotopic (exact) mass is 302 g/mol. The van der Waals surface area contributed by atoms with E-state index >= 15 is 0 Å². The molecule has 4 rings (SSSR count). The van der Waals surface area contributed by atoms with Crippen LogP contribution in [0.4, 0.5) is 0 Å². The van der Waals surface area contributed by atoms with Gasteiger partial charge >= 0.3 is 0 Å². The highest BCUT2D eigenvalue weighted by Crippen LogP contribution is 2.26. The summed E-state index contributed by atoms with van der Waals surface area (Å²) in [6.07, 6.45) is 0. The average molecular weight is 302 g/mol. The predicted octanol–water partition coefficient (Wildman–Crippen LogP) is 4.79. The van der Waals surface area contributed by atoms with Crippen LogP contribution in [0.3, 0.4) is 0 Å². The van der Waals surface area contributed by atoms with Gasteiger partial charge in [-0.1, -0.05) is 48.5 Å². The van der Waals surface area contributed by atoms with Crippen molar-refractivity contribution in [2.45, 2.75) is 20.1 Å². The first-order valence-corrected chi connectivity index (χ1v) is 7.91. The Balaban J connectivity index is 1.68. The molecular formula is C20H18N2O. The van der Waals surface area contributed by atoms with E-state index in [0.29, 0.717) is 6.61 Å². The van der Waals surface area contributed by atoms with Crippen LogP contribution in [0.1, 0.15) is 12.7 Å². The molecule has 1 heterocycles. The maximum Gasteiger partial charge on any atom is 0.147 e. The Kier molecular flexibility index (Phi) is 3.46. The Morgan fingerprint density at radius 3 is 2.61 bits per heavy atom. The Labute approximate surface area is 135 Å². The van der Waals surface area contributed by atoms with Crippen molar-refractivity contribution in [1.29, 1.82) is 0 Å². The van der Waals surface area contributed by atoms with Crippen molar-refractivity contribution in [2.24, 2.45) is 0 Å². The van der Waals surface area contributed by atoms with E-state index in [9.17, 15) is 0 Å². The van der Waals surface area contributed by atoms with E-state index in [1.54, 1.807) is 0 Å². The first kappa shape index (κ1) is 13.8. The summed E-state index contributed by atoms with van der Waals surface area (Å²) in [5, 5.41) is 2.32. The van der Waals surface area contributed by atoms with Crippen LogP contribution in [0.15, 0.2) is 66.7 Å². The lowest BCUT2D eigenvalue weighted by Gasteiger charge is -2.10. The molecule has 0 aliphatic carbocycles. The molecule has 0 saturated carbocycles. The van der Waals surface area contributed by atoms with E-state index in [2.05, 4.69) is 35.8 Å². The Hall–Kier alpha value is -2.81. The third-order valence-electron chi connectivity index (χ3n) is 4.16. The van der Waals surface area contributed by atoms with Crippen LogP contribution < -0.4 is 4.74 Å². The quantitative estimate of drug-likeness (QED) is 0.542. The smallest absolute Gasteiger partial charge is 0.147 e. The van der Waals surface area contributed by atoms with Gasteiger partial charge in [0, 0.05) is 11.9 Å². The Morgan fingerprint density at radius 2 is 1.70 bits per heavy atom. The Bertz CT molecular complexity index is 966. The summed E-state index contributed by atoms with van der Waals surface area (Å²) < 4.78 is 8.30. The molecule has 0 N–H and O–H groups in total. The van der Waals surface area contributed by atoms with Gasteiger partial charge in [-0.05, 0) is 30.5 Å². The number of fused-ring (bicyclic) bond motifs is 2.